The minimum Gasteiger partial charge on any atom is -0.484 e. The van der Waals surface area contributed by atoms with Crippen molar-refractivity contribution in [3.8, 4) is 5.75 Å². The molecular formula is C12H14FN3O2. The molecule has 96 valence electrons. The lowest BCUT2D eigenvalue weighted by molar-refractivity contribution is 0.265. The fourth-order valence-corrected chi connectivity index (χ4v) is 1.54. The SMILES string of the molecule is Nc1cc(COc2ccccc2F)nn1CCO. The van der Waals surface area contributed by atoms with Gasteiger partial charge in [0.15, 0.2) is 11.6 Å². The number of nitrogens with two attached hydrogens (primary N) is 1. The summed E-state index contributed by atoms with van der Waals surface area (Å²) in [6.45, 7) is 0.411. The van der Waals surface area contributed by atoms with Crippen molar-refractivity contribution in [2.24, 2.45) is 0 Å². The van der Waals surface area contributed by atoms with Crippen molar-refractivity contribution in [3.05, 3.63) is 41.8 Å². The highest BCUT2D eigenvalue weighted by molar-refractivity contribution is 5.31. The van der Waals surface area contributed by atoms with E-state index < -0.39 is 5.82 Å². The normalized spacial score (nSPS) is 10.6. The number of benzene rings is 1. The van der Waals surface area contributed by atoms with E-state index >= 15 is 0 Å². The average molecular weight is 251 g/mol. The van der Waals surface area contributed by atoms with Crippen LogP contribution in [0.4, 0.5) is 10.2 Å². The first-order chi connectivity index (χ1) is 8.70. The number of hydrogen-bond acceptors (Lipinski definition) is 4. The van der Waals surface area contributed by atoms with E-state index in [2.05, 4.69) is 5.10 Å². The fraction of sp³-hybridized carbons (Fsp3) is 0.250. The van der Waals surface area contributed by atoms with Gasteiger partial charge in [-0.2, -0.15) is 5.10 Å². The summed E-state index contributed by atoms with van der Waals surface area (Å²) in [6, 6.07) is 7.79. The van der Waals surface area contributed by atoms with Crippen LogP contribution in [-0.4, -0.2) is 21.5 Å². The fourth-order valence-electron chi connectivity index (χ4n) is 1.54. The van der Waals surface area contributed by atoms with Gasteiger partial charge in [0.2, 0.25) is 0 Å². The third-order valence-corrected chi connectivity index (χ3v) is 2.39. The third-order valence-electron chi connectivity index (χ3n) is 2.39. The molecule has 0 unspecified atom stereocenters. The minimum atomic E-state index is -0.416. The number of aliphatic hydroxyl groups is 1. The molecule has 0 aliphatic carbocycles. The average Bonchev–Trinajstić information content (AvgIpc) is 2.70. The van der Waals surface area contributed by atoms with Crippen LogP contribution < -0.4 is 10.5 Å². The molecule has 0 atom stereocenters. The van der Waals surface area contributed by atoms with Crippen LogP contribution in [-0.2, 0) is 13.2 Å². The van der Waals surface area contributed by atoms with Crippen LogP contribution >= 0.6 is 0 Å². The van der Waals surface area contributed by atoms with E-state index in [1.807, 2.05) is 0 Å². The van der Waals surface area contributed by atoms with Crippen LogP contribution in [0, 0.1) is 5.82 Å². The largest absolute Gasteiger partial charge is 0.484 e. The predicted octanol–water partition coefficient (Wildman–Crippen LogP) is 1.18. The molecule has 0 aliphatic heterocycles. The Labute approximate surface area is 104 Å². The van der Waals surface area contributed by atoms with Crippen LogP contribution in [0.3, 0.4) is 0 Å². The van der Waals surface area contributed by atoms with Gasteiger partial charge in [-0.25, -0.2) is 9.07 Å². The van der Waals surface area contributed by atoms with Crippen LogP contribution in [0.25, 0.3) is 0 Å². The first-order valence-corrected chi connectivity index (χ1v) is 5.51. The molecule has 0 amide bonds. The van der Waals surface area contributed by atoms with Crippen molar-refractivity contribution in [1.82, 2.24) is 9.78 Å². The summed E-state index contributed by atoms with van der Waals surface area (Å²) in [4.78, 5) is 0. The molecule has 2 rings (SSSR count). The topological polar surface area (TPSA) is 73.3 Å². The van der Waals surface area contributed by atoms with Crippen molar-refractivity contribution in [2.75, 3.05) is 12.3 Å². The highest BCUT2D eigenvalue weighted by Gasteiger charge is 2.07. The van der Waals surface area contributed by atoms with Gasteiger partial charge in [-0.15, -0.1) is 0 Å². The van der Waals surface area contributed by atoms with Crippen molar-refractivity contribution in [3.63, 3.8) is 0 Å². The number of aliphatic hydroxyl groups excluding tert-OH is 1. The maximum absolute atomic E-state index is 13.3. The Kier molecular flexibility index (Phi) is 3.78. The van der Waals surface area contributed by atoms with Gasteiger partial charge in [0, 0.05) is 6.07 Å². The molecule has 0 fully saturated rings. The third kappa shape index (κ3) is 2.78. The molecule has 6 heteroatoms. The quantitative estimate of drug-likeness (QED) is 0.836. The second-order valence-corrected chi connectivity index (χ2v) is 3.73. The molecule has 0 aliphatic rings. The van der Waals surface area contributed by atoms with Crippen molar-refractivity contribution in [1.29, 1.82) is 0 Å². The maximum atomic E-state index is 13.3. The smallest absolute Gasteiger partial charge is 0.165 e. The predicted molar refractivity (Wildman–Crippen MR) is 64.5 cm³/mol. The van der Waals surface area contributed by atoms with Crippen LogP contribution in [0.15, 0.2) is 30.3 Å². The molecule has 18 heavy (non-hydrogen) atoms. The van der Waals surface area contributed by atoms with Gasteiger partial charge in [0.1, 0.15) is 18.1 Å². The maximum Gasteiger partial charge on any atom is 0.165 e. The van der Waals surface area contributed by atoms with Gasteiger partial charge < -0.3 is 15.6 Å². The number of nitrogens with zero attached hydrogens (tertiary/aromatic N) is 2. The zero-order valence-corrected chi connectivity index (χ0v) is 9.71. The lowest BCUT2D eigenvalue weighted by Crippen LogP contribution is -2.08. The molecule has 3 N–H and O–H groups in total. The zero-order chi connectivity index (χ0) is 13.0. The standard InChI is InChI=1S/C12H14FN3O2/c13-10-3-1-2-4-11(10)18-8-9-7-12(14)16(15-9)5-6-17/h1-4,7,17H,5-6,8,14H2. The molecule has 5 nitrogen and oxygen atoms in total. The Morgan fingerprint density at radius 1 is 1.39 bits per heavy atom. The molecule has 0 spiro atoms. The lowest BCUT2D eigenvalue weighted by atomic mass is 10.3. The number of nitrogen functional groups attached to an aromatic ring is 1. The summed E-state index contributed by atoms with van der Waals surface area (Å²) in [5.41, 5.74) is 6.27. The molecule has 1 aromatic carbocycles. The summed E-state index contributed by atoms with van der Waals surface area (Å²) < 4.78 is 20.1. The zero-order valence-electron chi connectivity index (χ0n) is 9.71. The highest BCUT2D eigenvalue weighted by atomic mass is 19.1. The summed E-state index contributed by atoms with van der Waals surface area (Å²) >= 11 is 0. The molecule has 0 saturated heterocycles. The Morgan fingerprint density at radius 2 is 2.17 bits per heavy atom. The number of halogens is 1. The van der Waals surface area contributed by atoms with Crippen molar-refractivity contribution >= 4 is 5.82 Å². The van der Waals surface area contributed by atoms with Gasteiger partial charge in [0.05, 0.1) is 13.2 Å². The van der Waals surface area contributed by atoms with Gasteiger partial charge in [-0.3, -0.25) is 0 Å². The monoisotopic (exact) mass is 251 g/mol. The molecule has 1 aromatic heterocycles. The van der Waals surface area contributed by atoms with Gasteiger partial charge in [0.25, 0.3) is 0 Å². The van der Waals surface area contributed by atoms with Crippen LogP contribution in [0.1, 0.15) is 5.69 Å². The van der Waals surface area contributed by atoms with E-state index in [1.165, 1.54) is 10.7 Å². The van der Waals surface area contributed by atoms with Crippen molar-refractivity contribution in [2.45, 2.75) is 13.2 Å². The van der Waals surface area contributed by atoms with E-state index in [9.17, 15) is 4.39 Å². The van der Waals surface area contributed by atoms with E-state index in [0.29, 0.717) is 18.1 Å². The number of anilines is 1. The van der Waals surface area contributed by atoms with E-state index in [-0.39, 0.29) is 19.0 Å². The molecule has 1 heterocycles. The molecule has 2 aromatic rings. The first kappa shape index (κ1) is 12.4. The summed E-state index contributed by atoms with van der Waals surface area (Å²) in [7, 11) is 0. The number of para-hydroxylation sites is 1. The Morgan fingerprint density at radius 3 is 2.89 bits per heavy atom. The van der Waals surface area contributed by atoms with E-state index in [1.54, 1.807) is 24.3 Å². The summed E-state index contributed by atoms with van der Waals surface area (Å²) in [6.07, 6.45) is 0. The van der Waals surface area contributed by atoms with Crippen LogP contribution in [0.5, 0.6) is 5.75 Å². The number of aromatic nitrogens is 2. The molecule has 0 saturated carbocycles. The Hall–Kier alpha value is -2.08. The van der Waals surface area contributed by atoms with Crippen molar-refractivity contribution < 1.29 is 14.2 Å². The Bertz CT molecular complexity index is 528. The second kappa shape index (κ2) is 5.50. The van der Waals surface area contributed by atoms with E-state index in [4.69, 9.17) is 15.6 Å². The van der Waals surface area contributed by atoms with E-state index in [0.717, 1.165) is 0 Å². The summed E-state index contributed by atoms with van der Waals surface area (Å²) in [5.74, 6) is 0.198. The molecular weight excluding hydrogens is 237 g/mol. The first-order valence-electron chi connectivity index (χ1n) is 5.51. The summed E-state index contributed by atoms with van der Waals surface area (Å²) in [5, 5.41) is 12.9. The minimum absolute atomic E-state index is 0.0422. The number of hydrogen-bond donors (Lipinski definition) is 2. The van der Waals surface area contributed by atoms with Crippen LogP contribution in [0.2, 0.25) is 0 Å². The van der Waals surface area contributed by atoms with Gasteiger partial charge in [-0.05, 0) is 12.1 Å². The number of rotatable bonds is 5. The highest BCUT2D eigenvalue weighted by Crippen LogP contribution is 2.17. The van der Waals surface area contributed by atoms with Gasteiger partial charge >= 0.3 is 0 Å². The second-order valence-electron chi connectivity index (χ2n) is 3.73. The molecule has 0 radical (unpaired) electrons. The lowest BCUT2D eigenvalue weighted by Gasteiger charge is -2.04. The Balaban J connectivity index is 2.02. The molecule has 0 bridgehead atoms. The number of ether oxygens (including phenoxy) is 1. The van der Waals surface area contributed by atoms with Gasteiger partial charge in [-0.1, -0.05) is 12.1 Å².